The molecule has 0 aliphatic carbocycles. The maximum atomic E-state index is 12.1. The summed E-state index contributed by atoms with van der Waals surface area (Å²) in [5, 5.41) is 8.82. The van der Waals surface area contributed by atoms with Crippen molar-refractivity contribution in [3.05, 3.63) is 34.3 Å². The Hall–Kier alpha value is -1.34. The molecule has 1 aliphatic rings. The molecule has 0 atom stereocenters. The third-order valence-electron chi connectivity index (χ3n) is 3.27. The van der Waals surface area contributed by atoms with E-state index >= 15 is 0 Å². The third kappa shape index (κ3) is 3.33. The Bertz CT molecular complexity index is 473. The number of likely N-dealkylation sites (tertiary alicyclic amines) is 1. The van der Waals surface area contributed by atoms with Gasteiger partial charge in [-0.2, -0.15) is 5.26 Å². The van der Waals surface area contributed by atoms with Gasteiger partial charge in [0, 0.05) is 23.5 Å². The van der Waals surface area contributed by atoms with Crippen LogP contribution < -0.4 is 0 Å². The van der Waals surface area contributed by atoms with E-state index in [9.17, 15) is 4.79 Å². The fourth-order valence-electron chi connectivity index (χ4n) is 2.19. The number of nitrogens with zero attached hydrogens (tertiary/aromatic N) is 2. The number of benzene rings is 1. The second-order valence-corrected chi connectivity index (χ2v) is 5.51. The van der Waals surface area contributed by atoms with E-state index in [-0.39, 0.29) is 11.8 Å². The maximum absolute atomic E-state index is 12.1. The highest BCUT2D eigenvalue weighted by atomic mass is 79.9. The van der Waals surface area contributed by atoms with Gasteiger partial charge in [0.1, 0.15) is 0 Å². The molecule has 1 heterocycles. The highest BCUT2D eigenvalue weighted by molar-refractivity contribution is 9.10. The van der Waals surface area contributed by atoms with Gasteiger partial charge in [-0.05, 0) is 30.5 Å². The minimum Gasteiger partial charge on any atom is -0.342 e. The molecule has 18 heavy (non-hydrogen) atoms. The first-order valence-electron chi connectivity index (χ1n) is 6.11. The van der Waals surface area contributed by atoms with Gasteiger partial charge in [-0.1, -0.05) is 28.1 Å². The van der Waals surface area contributed by atoms with Crippen LogP contribution in [0.15, 0.2) is 28.7 Å². The van der Waals surface area contributed by atoms with Crippen molar-refractivity contribution in [3.8, 4) is 6.07 Å². The first-order valence-corrected chi connectivity index (χ1v) is 6.90. The van der Waals surface area contributed by atoms with Gasteiger partial charge in [0.15, 0.2) is 0 Å². The van der Waals surface area contributed by atoms with E-state index in [0.717, 1.165) is 22.9 Å². The molecular weight excluding hydrogens is 292 g/mol. The van der Waals surface area contributed by atoms with E-state index in [4.69, 9.17) is 5.26 Å². The molecule has 94 valence electrons. The van der Waals surface area contributed by atoms with Crippen LogP contribution in [0.25, 0.3) is 0 Å². The number of halogens is 1. The van der Waals surface area contributed by atoms with Crippen molar-refractivity contribution in [2.75, 3.05) is 13.1 Å². The summed E-state index contributed by atoms with van der Waals surface area (Å²) in [7, 11) is 0. The molecule has 1 aromatic carbocycles. The predicted molar refractivity (Wildman–Crippen MR) is 72.8 cm³/mol. The van der Waals surface area contributed by atoms with Gasteiger partial charge in [-0.15, -0.1) is 0 Å². The second-order valence-electron chi connectivity index (χ2n) is 4.59. The lowest BCUT2D eigenvalue weighted by molar-refractivity contribution is -0.131. The first-order chi connectivity index (χ1) is 8.69. The highest BCUT2D eigenvalue weighted by Gasteiger charge is 2.22. The Morgan fingerprint density at radius 2 is 2.17 bits per heavy atom. The van der Waals surface area contributed by atoms with Crippen molar-refractivity contribution >= 4 is 21.8 Å². The number of hydrogen-bond acceptors (Lipinski definition) is 2. The molecule has 0 saturated carbocycles. The predicted octanol–water partition coefficient (Wildman–Crippen LogP) is 2.75. The standard InChI is InChI=1S/C14H15BrN2O/c15-13-3-1-2-12(8-13)9-14(18)17-6-4-11(10-16)5-7-17/h1-3,8,11H,4-7,9H2. The summed E-state index contributed by atoms with van der Waals surface area (Å²) in [6.45, 7) is 1.43. The molecule has 1 aromatic rings. The lowest BCUT2D eigenvalue weighted by atomic mass is 9.98. The van der Waals surface area contributed by atoms with E-state index in [0.29, 0.717) is 19.5 Å². The normalized spacial score (nSPS) is 16.3. The average Bonchev–Trinajstić information content (AvgIpc) is 2.39. The van der Waals surface area contributed by atoms with Crippen molar-refractivity contribution in [3.63, 3.8) is 0 Å². The molecule has 0 N–H and O–H groups in total. The summed E-state index contributed by atoms with van der Waals surface area (Å²) < 4.78 is 0.996. The zero-order valence-corrected chi connectivity index (χ0v) is 11.7. The number of carbonyl (C=O) groups excluding carboxylic acids is 1. The van der Waals surface area contributed by atoms with Crippen molar-refractivity contribution in [2.45, 2.75) is 19.3 Å². The molecule has 1 saturated heterocycles. The first kappa shape index (κ1) is 13.1. The SMILES string of the molecule is N#CC1CCN(C(=O)Cc2cccc(Br)c2)CC1. The average molecular weight is 307 g/mol. The van der Waals surface area contributed by atoms with Crippen LogP contribution in [0.3, 0.4) is 0 Å². The molecule has 1 aliphatic heterocycles. The number of carbonyl (C=O) groups is 1. The molecule has 3 nitrogen and oxygen atoms in total. The molecule has 0 aromatic heterocycles. The fraction of sp³-hybridized carbons (Fsp3) is 0.429. The van der Waals surface area contributed by atoms with E-state index < -0.39 is 0 Å². The molecular formula is C14H15BrN2O. The molecule has 1 amide bonds. The van der Waals surface area contributed by atoms with Crippen molar-refractivity contribution in [2.24, 2.45) is 5.92 Å². The van der Waals surface area contributed by atoms with Gasteiger partial charge in [-0.3, -0.25) is 4.79 Å². The molecule has 0 radical (unpaired) electrons. The number of amides is 1. The van der Waals surface area contributed by atoms with Gasteiger partial charge in [0.05, 0.1) is 12.5 Å². The smallest absolute Gasteiger partial charge is 0.226 e. The van der Waals surface area contributed by atoms with E-state index in [1.54, 1.807) is 0 Å². The van der Waals surface area contributed by atoms with Crippen LogP contribution in [0.4, 0.5) is 0 Å². The number of hydrogen-bond donors (Lipinski definition) is 0. The van der Waals surface area contributed by atoms with Crippen LogP contribution >= 0.6 is 15.9 Å². The van der Waals surface area contributed by atoms with Gasteiger partial charge >= 0.3 is 0 Å². The topological polar surface area (TPSA) is 44.1 Å². The number of nitriles is 1. The quantitative estimate of drug-likeness (QED) is 0.843. The monoisotopic (exact) mass is 306 g/mol. The zero-order valence-electron chi connectivity index (χ0n) is 10.1. The molecule has 0 unspecified atom stereocenters. The van der Waals surface area contributed by atoms with Crippen molar-refractivity contribution in [1.82, 2.24) is 4.90 Å². The van der Waals surface area contributed by atoms with Crippen LogP contribution in [0.5, 0.6) is 0 Å². The Balaban J connectivity index is 1.91. The Kier molecular flexibility index (Phi) is 4.38. The van der Waals surface area contributed by atoms with Crippen LogP contribution in [0, 0.1) is 17.2 Å². The largest absolute Gasteiger partial charge is 0.342 e. The minimum atomic E-state index is 0.125. The van der Waals surface area contributed by atoms with Gasteiger partial charge in [0.2, 0.25) is 5.91 Å². The summed E-state index contributed by atoms with van der Waals surface area (Å²) in [5.41, 5.74) is 1.02. The number of rotatable bonds is 2. The number of piperidine rings is 1. The zero-order chi connectivity index (χ0) is 13.0. The van der Waals surface area contributed by atoms with Crippen LogP contribution in [-0.2, 0) is 11.2 Å². The van der Waals surface area contributed by atoms with Gasteiger partial charge in [-0.25, -0.2) is 0 Å². The highest BCUT2D eigenvalue weighted by Crippen LogP contribution is 2.18. The molecule has 0 bridgehead atoms. The molecule has 2 rings (SSSR count). The molecule has 4 heteroatoms. The van der Waals surface area contributed by atoms with Gasteiger partial charge in [0.25, 0.3) is 0 Å². The van der Waals surface area contributed by atoms with Crippen LogP contribution in [-0.4, -0.2) is 23.9 Å². The lowest BCUT2D eigenvalue weighted by Crippen LogP contribution is -2.39. The maximum Gasteiger partial charge on any atom is 0.226 e. The van der Waals surface area contributed by atoms with E-state index in [1.807, 2.05) is 29.2 Å². The summed E-state index contributed by atoms with van der Waals surface area (Å²) in [6, 6.07) is 10.1. The van der Waals surface area contributed by atoms with Gasteiger partial charge < -0.3 is 4.90 Å². The van der Waals surface area contributed by atoms with E-state index in [2.05, 4.69) is 22.0 Å². The second kappa shape index (κ2) is 6.01. The Morgan fingerprint density at radius 3 is 2.78 bits per heavy atom. The molecule has 0 spiro atoms. The van der Waals surface area contributed by atoms with Crippen molar-refractivity contribution < 1.29 is 4.79 Å². The van der Waals surface area contributed by atoms with Crippen molar-refractivity contribution in [1.29, 1.82) is 5.26 Å². The molecule has 1 fully saturated rings. The Labute approximate surface area is 116 Å². The fourth-order valence-corrected chi connectivity index (χ4v) is 2.64. The summed E-state index contributed by atoms with van der Waals surface area (Å²) in [6.07, 6.45) is 2.05. The van der Waals surface area contributed by atoms with Crippen LogP contribution in [0.1, 0.15) is 18.4 Å². The summed E-state index contributed by atoms with van der Waals surface area (Å²) >= 11 is 3.40. The lowest BCUT2D eigenvalue weighted by Gasteiger charge is -2.29. The Morgan fingerprint density at radius 1 is 1.44 bits per heavy atom. The van der Waals surface area contributed by atoms with Crippen LogP contribution in [0.2, 0.25) is 0 Å². The summed E-state index contributed by atoms with van der Waals surface area (Å²) in [4.78, 5) is 14.0. The minimum absolute atomic E-state index is 0.125. The summed E-state index contributed by atoms with van der Waals surface area (Å²) in [5.74, 6) is 0.282. The van der Waals surface area contributed by atoms with E-state index in [1.165, 1.54) is 0 Å². The third-order valence-corrected chi connectivity index (χ3v) is 3.77.